The van der Waals surface area contributed by atoms with E-state index in [1.807, 2.05) is 68.4 Å². The van der Waals surface area contributed by atoms with E-state index in [0.717, 1.165) is 60.1 Å². The van der Waals surface area contributed by atoms with Gasteiger partial charge in [0.05, 0.1) is 55.8 Å². The summed E-state index contributed by atoms with van der Waals surface area (Å²) in [4.78, 5) is 63.6. The largest absolute Gasteiger partial charge is 0.453 e. The number of nitrogens with zero attached hydrogens (tertiary/aromatic N) is 5. The molecule has 2 aromatic heterocycles. The molecule has 2 aliphatic heterocycles. The third kappa shape index (κ3) is 8.26. The predicted octanol–water partition coefficient (Wildman–Crippen LogP) is 9.38. The number of hydrogen-bond donors (Lipinski definition) is 3. The topological polar surface area (TPSA) is 149 Å². The van der Waals surface area contributed by atoms with Gasteiger partial charge in [-0.2, -0.15) is 8.78 Å². The molecule has 4 aromatic carbocycles. The molecule has 13 nitrogen and oxygen atoms in total. The number of carbonyl (C=O) groups excluding carboxylic acids is 3. The number of H-pyrrole nitrogens is 2. The molecule has 3 amide bonds. The number of likely N-dealkylation sites (tertiary alicyclic amines) is 1. The molecule has 0 spiro atoms. The minimum Gasteiger partial charge on any atom is -0.453 e. The molecule has 11 rings (SSSR count). The third-order valence-corrected chi connectivity index (χ3v) is 15.4. The summed E-state index contributed by atoms with van der Waals surface area (Å²) in [5.41, 5.74) is 5.87. The van der Waals surface area contributed by atoms with Crippen molar-refractivity contribution in [2.24, 2.45) is 17.3 Å². The van der Waals surface area contributed by atoms with Gasteiger partial charge in [-0.3, -0.25) is 14.5 Å². The second kappa shape index (κ2) is 17.5. The number of amides is 3. The lowest BCUT2D eigenvalue weighted by Crippen LogP contribution is -2.52. The number of alkyl halides is 2. The molecule has 3 N–H and O–H groups in total. The van der Waals surface area contributed by atoms with Crippen LogP contribution in [0.25, 0.3) is 44.7 Å². The normalized spacial score (nSPS) is 21.8. The van der Waals surface area contributed by atoms with E-state index in [4.69, 9.17) is 14.5 Å². The molecule has 4 heterocycles. The molecule has 4 fully saturated rings. The number of nitrogens with one attached hydrogen (secondary N) is 3. The second-order valence-corrected chi connectivity index (χ2v) is 20.4. The zero-order valence-corrected chi connectivity index (χ0v) is 39.4. The van der Waals surface area contributed by atoms with Crippen LogP contribution >= 0.6 is 0 Å². The molecule has 6 aromatic rings. The SMILES string of the molecule is COC(=O)NC(C(=O)N(Cc1cnc(-c2ccc3c(c2)C(F)(F)c2cc(-c4ccc5nc([C@@H]6[C@H]7CC[C@H](C7)N6C(=O)[C@H](c6ccccc6)N6CCOCC6)[nH]c5c4)ccc2-3)[nH]1)CC1(C)CC1)C(C)C. The first-order valence-electron chi connectivity index (χ1n) is 24.3. The Bertz CT molecular complexity index is 2940. The monoisotopic (exact) mass is 936 g/mol. The summed E-state index contributed by atoms with van der Waals surface area (Å²) in [6.07, 6.45) is 5.89. The maximum absolute atomic E-state index is 16.7. The van der Waals surface area contributed by atoms with E-state index in [-0.39, 0.29) is 52.9 Å². The Morgan fingerprint density at radius 2 is 1.61 bits per heavy atom. The molecule has 5 aliphatic rings. The number of rotatable bonds is 13. The number of hydrogen-bond acceptors (Lipinski definition) is 8. The second-order valence-electron chi connectivity index (χ2n) is 20.4. The maximum atomic E-state index is 16.7. The summed E-state index contributed by atoms with van der Waals surface area (Å²) in [5, 5.41) is 2.69. The molecular formula is C54H58F2N8O5. The van der Waals surface area contributed by atoms with Gasteiger partial charge in [-0.1, -0.05) is 81.4 Å². The lowest BCUT2D eigenvalue weighted by Gasteiger charge is -2.41. The molecular weight excluding hydrogens is 879 g/mol. The predicted molar refractivity (Wildman–Crippen MR) is 257 cm³/mol. The average molecular weight is 937 g/mol. The van der Waals surface area contributed by atoms with Crippen LogP contribution in [-0.2, 0) is 31.5 Å². The third-order valence-electron chi connectivity index (χ3n) is 15.4. The van der Waals surface area contributed by atoms with Gasteiger partial charge in [-0.05, 0) is 101 Å². The molecule has 2 bridgehead atoms. The van der Waals surface area contributed by atoms with Crippen LogP contribution in [0.5, 0.6) is 0 Å². The van der Waals surface area contributed by atoms with Gasteiger partial charge in [0.25, 0.3) is 5.92 Å². The number of alkyl carbamates (subject to hydrolysis) is 1. The molecule has 2 saturated carbocycles. The van der Waals surface area contributed by atoms with E-state index in [0.29, 0.717) is 72.5 Å². The lowest BCUT2D eigenvalue weighted by molar-refractivity contribution is -0.144. The molecule has 1 unspecified atom stereocenters. The molecule has 5 atom stereocenters. The standard InChI is InChI=1S/C54H58F2N8O5/c1-31(2)45(61-52(67)68-4)50(65)63(30-53(3)18-19-53)29-37-28-57-48(58-37)36-12-16-40-39-15-11-33(25-41(39)54(55,56)42(40)26-36)34-13-17-43-44(27-34)60-49(59-43)46-35-10-14-38(24-35)64(46)51(66)47(32-8-6-5-7-9-32)62-20-22-69-23-21-62/h5-9,11-13,15-17,25-28,31,35,38,45-47H,10,14,18-24,29-30H2,1-4H3,(H,57,58)(H,59,60)(H,61,67)/t35-,38+,45?,46-,47-/m0/s1. The van der Waals surface area contributed by atoms with E-state index in [1.54, 1.807) is 35.4 Å². The number of morpholine rings is 1. The van der Waals surface area contributed by atoms with Gasteiger partial charge in [0, 0.05) is 42.4 Å². The highest BCUT2D eigenvalue weighted by Crippen LogP contribution is 2.54. The molecule has 0 radical (unpaired) electrons. The van der Waals surface area contributed by atoms with E-state index in [2.05, 4.69) is 37.0 Å². The van der Waals surface area contributed by atoms with Crippen LogP contribution in [0.1, 0.15) is 93.2 Å². The van der Waals surface area contributed by atoms with Crippen LogP contribution in [0.15, 0.2) is 91.1 Å². The van der Waals surface area contributed by atoms with Gasteiger partial charge < -0.3 is 34.6 Å². The van der Waals surface area contributed by atoms with Crippen molar-refractivity contribution in [2.75, 3.05) is 40.0 Å². The van der Waals surface area contributed by atoms with Gasteiger partial charge in [-0.25, -0.2) is 14.8 Å². The van der Waals surface area contributed by atoms with Crippen LogP contribution in [0, 0.1) is 17.3 Å². The number of benzene rings is 4. The average Bonchev–Trinajstić information content (AvgIpc) is 3.93. The summed E-state index contributed by atoms with van der Waals surface area (Å²) >= 11 is 0. The minimum absolute atomic E-state index is 0.0155. The van der Waals surface area contributed by atoms with Crippen LogP contribution in [0.3, 0.4) is 0 Å². The number of carbonyl (C=O) groups is 3. The first-order valence-corrected chi connectivity index (χ1v) is 24.3. The quantitative estimate of drug-likeness (QED) is 0.104. The molecule has 358 valence electrons. The smallest absolute Gasteiger partial charge is 0.407 e. The fourth-order valence-electron chi connectivity index (χ4n) is 11.4. The Kier molecular flexibility index (Phi) is 11.4. The van der Waals surface area contributed by atoms with Crippen molar-refractivity contribution in [2.45, 2.75) is 89.5 Å². The molecule has 69 heavy (non-hydrogen) atoms. The van der Waals surface area contributed by atoms with Crippen LogP contribution in [0.4, 0.5) is 13.6 Å². The number of piperidine rings is 1. The van der Waals surface area contributed by atoms with Crippen molar-refractivity contribution in [3.8, 4) is 33.6 Å². The summed E-state index contributed by atoms with van der Waals surface area (Å²) in [6.45, 7) is 9.13. The summed E-state index contributed by atoms with van der Waals surface area (Å²) in [5.74, 6) is -2.13. The van der Waals surface area contributed by atoms with Crippen molar-refractivity contribution in [1.29, 1.82) is 0 Å². The van der Waals surface area contributed by atoms with Crippen molar-refractivity contribution >= 4 is 28.9 Å². The fourth-order valence-corrected chi connectivity index (χ4v) is 11.4. The van der Waals surface area contributed by atoms with Crippen molar-refractivity contribution in [3.05, 3.63) is 119 Å². The molecule has 2 saturated heterocycles. The zero-order chi connectivity index (χ0) is 47.8. The highest BCUT2D eigenvalue weighted by Gasteiger charge is 2.52. The van der Waals surface area contributed by atoms with Gasteiger partial charge in [0.15, 0.2) is 0 Å². The number of ether oxygens (including phenoxy) is 2. The van der Waals surface area contributed by atoms with Gasteiger partial charge in [0.2, 0.25) is 11.8 Å². The number of methoxy groups -OCH3 is 1. The van der Waals surface area contributed by atoms with Crippen LogP contribution < -0.4 is 5.32 Å². The number of aromatic amines is 2. The highest BCUT2D eigenvalue weighted by molar-refractivity contribution is 5.88. The summed E-state index contributed by atoms with van der Waals surface area (Å²) < 4.78 is 43.9. The Balaban J connectivity index is 0.833. The van der Waals surface area contributed by atoms with Gasteiger partial charge in [0.1, 0.15) is 23.7 Å². The zero-order valence-electron chi connectivity index (χ0n) is 39.4. The highest BCUT2D eigenvalue weighted by atomic mass is 19.3. The Morgan fingerprint density at radius 1 is 0.913 bits per heavy atom. The number of imidazole rings is 2. The Hall–Kier alpha value is -6.45. The van der Waals surface area contributed by atoms with E-state index in [1.165, 1.54) is 13.2 Å². The molecule has 3 aliphatic carbocycles. The van der Waals surface area contributed by atoms with E-state index in [9.17, 15) is 14.4 Å². The van der Waals surface area contributed by atoms with E-state index < -0.39 is 24.1 Å². The van der Waals surface area contributed by atoms with E-state index >= 15 is 8.78 Å². The summed E-state index contributed by atoms with van der Waals surface area (Å²) in [7, 11) is 1.27. The molecule has 15 heteroatoms. The maximum Gasteiger partial charge on any atom is 0.407 e. The number of fused-ring (bicyclic) bond motifs is 6. The lowest BCUT2D eigenvalue weighted by atomic mass is 9.95. The Labute approximate surface area is 400 Å². The minimum atomic E-state index is -3.28. The number of aromatic nitrogens is 4. The Morgan fingerprint density at radius 3 is 2.32 bits per heavy atom. The summed E-state index contributed by atoms with van der Waals surface area (Å²) in [6, 6.07) is 24.9. The van der Waals surface area contributed by atoms with Crippen LogP contribution in [-0.4, -0.2) is 105 Å². The first kappa shape index (κ1) is 45.0. The van der Waals surface area contributed by atoms with Crippen molar-refractivity contribution in [3.63, 3.8) is 0 Å². The van der Waals surface area contributed by atoms with Gasteiger partial charge >= 0.3 is 6.09 Å². The van der Waals surface area contributed by atoms with Crippen molar-refractivity contribution < 1.29 is 32.6 Å². The fraction of sp³-hybridized carbons (Fsp3) is 0.426. The first-order chi connectivity index (χ1) is 33.3. The van der Waals surface area contributed by atoms with Crippen LogP contribution in [0.2, 0.25) is 0 Å². The van der Waals surface area contributed by atoms with Crippen molar-refractivity contribution in [1.82, 2.24) is 40.0 Å². The van der Waals surface area contributed by atoms with Gasteiger partial charge in [-0.15, -0.1) is 0 Å². The number of halogens is 2.